The van der Waals surface area contributed by atoms with Crippen LogP contribution in [0.2, 0.25) is 0 Å². The van der Waals surface area contributed by atoms with Crippen molar-refractivity contribution in [2.75, 3.05) is 13.7 Å². The van der Waals surface area contributed by atoms with Gasteiger partial charge in [-0.3, -0.25) is 0 Å². The number of rotatable bonds is 10. The molecule has 0 aliphatic heterocycles. The van der Waals surface area contributed by atoms with Crippen LogP contribution in [-0.4, -0.2) is 67.6 Å². The number of alkyl carbamates (subject to hydrolysis) is 1. The fourth-order valence-electron chi connectivity index (χ4n) is 1.88. The van der Waals surface area contributed by atoms with Crippen LogP contribution in [0.5, 0.6) is 0 Å². The first-order valence-electron chi connectivity index (χ1n) is 8.02. The van der Waals surface area contributed by atoms with Gasteiger partial charge in [-0.05, 0) is 6.42 Å². The molecule has 190 valence electrons. The largest absolute Gasteiger partial charge is 0.464 e. The molecule has 0 saturated carbocycles. The van der Waals surface area contributed by atoms with E-state index >= 15 is 0 Å². The van der Waals surface area contributed by atoms with Crippen LogP contribution in [-0.2, 0) is 14.3 Å². The fraction of sp³-hybridized carbons (Fsp3) is 0.857. The summed E-state index contributed by atoms with van der Waals surface area (Å²) in [7, 11) is 0.560. The molecule has 0 rings (SSSR count). The smallest absolute Gasteiger partial charge is 0.460 e. The summed E-state index contributed by atoms with van der Waals surface area (Å²) in [4.78, 5) is 22.7. The topological polar surface area (TPSA) is 64.6 Å². The molecule has 0 aliphatic carbocycles. The maximum Gasteiger partial charge on any atom is 0.460 e. The minimum atomic E-state index is -8.07. The molecule has 0 radical (unpaired) electrons. The van der Waals surface area contributed by atoms with Crippen molar-refractivity contribution < 1.29 is 76.1 Å². The van der Waals surface area contributed by atoms with Gasteiger partial charge in [0.25, 0.3) is 0 Å². The Balaban J connectivity index is 6.26. The Morgan fingerprint density at radius 1 is 0.781 bits per heavy atom. The second kappa shape index (κ2) is 9.36. The van der Waals surface area contributed by atoms with E-state index < -0.39 is 66.9 Å². The number of halogens is 13. The number of nitrogens with one attached hydrogen (secondary N) is 1. The van der Waals surface area contributed by atoms with Gasteiger partial charge in [-0.25, -0.2) is 9.59 Å². The van der Waals surface area contributed by atoms with Crippen LogP contribution < -0.4 is 5.32 Å². The highest BCUT2D eigenvalue weighted by molar-refractivity contribution is 5.81. The zero-order chi connectivity index (χ0) is 26.0. The first-order chi connectivity index (χ1) is 14.0. The zero-order valence-electron chi connectivity index (χ0n) is 15.7. The number of amides is 1. The molecule has 32 heavy (non-hydrogen) atoms. The minimum absolute atomic E-state index is 0.0138. The minimum Gasteiger partial charge on any atom is -0.464 e. The predicted molar refractivity (Wildman–Crippen MR) is 76.0 cm³/mol. The van der Waals surface area contributed by atoms with E-state index in [1.807, 2.05) is 0 Å². The molecule has 5 nitrogen and oxygen atoms in total. The van der Waals surface area contributed by atoms with Crippen molar-refractivity contribution in [3.8, 4) is 0 Å². The van der Waals surface area contributed by atoms with Crippen molar-refractivity contribution in [1.82, 2.24) is 5.32 Å². The normalized spacial score (nSPS) is 15.2. The van der Waals surface area contributed by atoms with Gasteiger partial charge in [0.1, 0.15) is 6.04 Å². The van der Waals surface area contributed by atoms with Gasteiger partial charge < -0.3 is 14.8 Å². The van der Waals surface area contributed by atoms with Crippen LogP contribution in [0.25, 0.3) is 0 Å². The second-order valence-electron chi connectivity index (χ2n) is 6.06. The molecule has 0 aromatic rings. The third kappa shape index (κ3) is 5.24. The number of alkyl halides is 13. The predicted octanol–water partition coefficient (Wildman–Crippen LogP) is 4.79. The molecule has 0 spiro atoms. The van der Waals surface area contributed by atoms with Crippen molar-refractivity contribution in [3.63, 3.8) is 0 Å². The Bertz CT molecular complexity index is 678. The molecule has 0 aromatic carbocycles. The van der Waals surface area contributed by atoms with Crippen LogP contribution in [0.15, 0.2) is 0 Å². The summed E-state index contributed by atoms with van der Waals surface area (Å²) in [6, 6.07) is -2.98. The van der Waals surface area contributed by atoms with Crippen LogP contribution in [0.4, 0.5) is 61.9 Å². The van der Waals surface area contributed by atoms with Crippen LogP contribution in [0, 0.1) is 0 Å². The summed E-state index contributed by atoms with van der Waals surface area (Å²) in [6.07, 6.45) is -12.3. The van der Waals surface area contributed by atoms with Gasteiger partial charge in [0.05, 0.1) is 13.7 Å². The van der Waals surface area contributed by atoms with E-state index in [1.165, 1.54) is 6.92 Å². The van der Waals surface area contributed by atoms with E-state index in [0.29, 0.717) is 7.11 Å². The Morgan fingerprint density at radius 3 is 1.59 bits per heavy atom. The maximum absolute atomic E-state index is 13.9. The first kappa shape index (κ1) is 29.8. The molecular weight excluding hydrogens is 493 g/mol. The summed E-state index contributed by atoms with van der Waals surface area (Å²) in [5.74, 6) is -40.1. The van der Waals surface area contributed by atoms with E-state index in [0.717, 1.165) is 5.32 Å². The Labute approximate surface area is 170 Å². The fourth-order valence-corrected chi connectivity index (χ4v) is 1.88. The molecule has 1 unspecified atom stereocenters. The van der Waals surface area contributed by atoms with Crippen LogP contribution in [0.1, 0.15) is 19.8 Å². The molecule has 0 heterocycles. The number of carbonyl (C=O) groups excluding carboxylic acids is 2. The summed E-state index contributed by atoms with van der Waals surface area (Å²) in [5, 5.41) is 1.14. The molecule has 1 amide bonds. The van der Waals surface area contributed by atoms with Crippen molar-refractivity contribution >= 4 is 12.1 Å². The van der Waals surface area contributed by atoms with E-state index in [9.17, 15) is 66.7 Å². The third-order valence-corrected chi connectivity index (χ3v) is 3.67. The first-order valence-corrected chi connectivity index (χ1v) is 8.02. The number of methoxy groups -OCH3 is 1. The van der Waals surface area contributed by atoms with Crippen molar-refractivity contribution in [2.24, 2.45) is 0 Å². The molecule has 18 heteroatoms. The SMILES string of the molecule is CCCOC(=O)C(CC(F)(F)C(F)(F)C(F)(F)C(F)(F)C(F)(F)C(F)(F)F)NC(=O)OC. The van der Waals surface area contributed by atoms with Crippen LogP contribution >= 0.6 is 0 Å². The average Bonchev–Trinajstić information content (AvgIpc) is 2.63. The number of carbonyl (C=O) groups is 2. The molecule has 1 atom stereocenters. The van der Waals surface area contributed by atoms with Gasteiger partial charge in [-0.2, -0.15) is 57.1 Å². The second-order valence-corrected chi connectivity index (χ2v) is 6.06. The quantitative estimate of drug-likeness (QED) is 0.341. The number of esters is 1. The molecule has 0 aromatic heterocycles. The highest BCUT2D eigenvalue weighted by atomic mass is 19.4. The van der Waals surface area contributed by atoms with E-state index in [4.69, 9.17) is 0 Å². The summed E-state index contributed by atoms with van der Waals surface area (Å²) < 4.78 is 178. The Morgan fingerprint density at radius 2 is 1.22 bits per heavy atom. The third-order valence-electron chi connectivity index (χ3n) is 3.67. The lowest BCUT2D eigenvalue weighted by Crippen LogP contribution is -2.70. The van der Waals surface area contributed by atoms with Gasteiger partial charge in [0.2, 0.25) is 0 Å². The van der Waals surface area contributed by atoms with Gasteiger partial charge in [-0.1, -0.05) is 6.92 Å². The number of hydrogen-bond acceptors (Lipinski definition) is 4. The highest BCUT2D eigenvalue weighted by Crippen LogP contribution is 2.60. The lowest BCUT2D eigenvalue weighted by Gasteiger charge is -2.40. The Hall–Kier alpha value is -2.17. The van der Waals surface area contributed by atoms with Crippen molar-refractivity contribution in [2.45, 2.75) is 61.6 Å². The maximum atomic E-state index is 13.9. The average molecular weight is 507 g/mol. The van der Waals surface area contributed by atoms with Gasteiger partial charge in [0.15, 0.2) is 0 Å². The number of hydrogen-bond donors (Lipinski definition) is 1. The van der Waals surface area contributed by atoms with Gasteiger partial charge >= 0.3 is 47.9 Å². The van der Waals surface area contributed by atoms with E-state index in [1.54, 1.807) is 0 Å². The van der Waals surface area contributed by atoms with E-state index in [2.05, 4.69) is 9.47 Å². The van der Waals surface area contributed by atoms with Crippen molar-refractivity contribution in [3.05, 3.63) is 0 Å². The monoisotopic (exact) mass is 507 g/mol. The lowest BCUT2D eigenvalue weighted by molar-refractivity contribution is -0.440. The molecule has 1 N–H and O–H groups in total. The molecule has 0 fully saturated rings. The number of ether oxygens (including phenoxy) is 2. The van der Waals surface area contributed by atoms with Gasteiger partial charge in [0, 0.05) is 6.42 Å². The molecule has 0 bridgehead atoms. The van der Waals surface area contributed by atoms with Crippen LogP contribution in [0.3, 0.4) is 0 Å². The lowest BCUT2D eigenvalue weighted by atomic mass is 9.91. The molecular formula is C14H14F13NO4. The molecule has 0 saturated heterocycles. The van der Waals surface area contributed by atoms with Gasteiger partial charge in [-0.15, -0.1) is 0 Å². The summed E-state index contributed by atoms with van der Waals surface area (Å²) in [6.45, 7) is 0.744. The Kier molecular flexibility index (Phi) is 8.73. The molecule has 0 aliphatic rings. The summed E-state index contributed by atoms with van der Waals surface area (Å²) in [5.41, 5.74) is 0. The standard InChI is InChI=1S/C14H14F13NO4/c1-3-4-32-7(29)6(28-8(30)31-2)5-9(15,16)10(17,18)11(19,20)12(21,22)13(23,24)14(25,26)27/h6H,3-5H2,1-2H3,(H,28,30). The van der Waals surface area contributed by atoms with E-state index in [-0.39, 0.29) is 6.42 Å². The highest BCUT2D eigenvalue weighted by Gasteiger charge is 2.90. The zero-order valence-corrected chi connectivity index (χ0v) is 15.7. The van der Waals surface area contributed by atoms with Crippen molar-refractivity contribution in [1.29, 1.82) is 0 Å². The summed E-state index contributed by atoms with van der Waals surface area (Å²) >= 11 is 0.